The molecule has 0 amide bonds. The number of carbonyl (C=O) groups is 1. The maximum Gasteiger partial charge on any atom is 0.334 e. The van der Waals surface area contributed by atoms with Crippen LogP contribution in [0.4, 0.5) is 5.69 Å². The topological polar surface area (TPSA) is 47.6 Å². The zero-order valence-corrected chi connectivity index (χ0v) is 11.5. The predicted molar refractivity (Wildman–Crippen MR) is 74.0 cm³/mol. The van der Waals surface area contributed by atoms with Crippen molar-refractivity contribution in [2.24, 2.45) is 5.92 Å². The molecule has 1 atom stereocenters. The van der Waals surface area contributed by atoms with Crippen LogP contribution in [0.5, 0.6) is 0 Å². The first-order valence-corrected chi connectivity index (χ1v) is 6.72. The Bertz CT molecular complexity index is 417. The van der Waals surface area contributed by atoms with Crippen molar-refractivity contribution in [1.29, 1.82) is 0 Å². The van der Waals surface area contributed by atoms with Crippen molar-refractivity contribution in [2.45, 2.75) is 25.3 Å². The van der Waals surface area contributed by atoms with Gasteiger partial charge in [-0.25, -0.2) is 4.79 Å². The molecule has 0 saturated heterocycles. The molecule has 1 aromatic carbocycles. The molecule has 1 aliphatic carbocycles. The van der Waals surface area contributed by atoms with Gasteiger partial charge in [-0.1, -0.05) is 18.2 Å². The lowest BCUT2D eigenvalue weighted by Crippen LogP contribution is -2.53. The quantitative estimate of drug-likeness (QED) is 0.768. The van der Waals surface area contributed by atoms with Gasteiger partial charge in [-0.15, -0.1) is 0 Å². The third kappa shape index (κ3) is 3.07. The van der Waals surface area contributed by atoms with Crippen molar-refractivity contribution in [2.75, 3.05) is 25.6 Å². The molecule has 0 aliphatic heterocycles. The maximum absolute atomic E-state index is 12.4. The molecule has 104 valence electrons. The number of anilines is 1. The van der Waals surface area contributed by atoms with Crippen LogP contribution in [0, 0.1) is 5.92 Å². The highest BCUT2D eigenvalue weighted by Crippen LogP contribution is 2.42. The Kier molecular flexibility index (Phi) is 4.43. The Morgan fingerprint density at radius 2 is 2.05 bits per heavy atom. The first kappa shape index (κ1) is 13.9. The SMILES string of the molecule is CCOC(=O)C(COC)(Nc1ccccc1)C1CC1. The minimum Gasteiger partial charge on any atom is -0.464 e. The van der Waals surface area contributed by atoms with Crippen LogP contribution in [0.25, 0.3) is 0 Å². The van der Waals surface area contributed by atoms with E-state index >= 15 is 0 Å². The molecule has 0 aromatic heterocycles. The van der Waals surface area contributed by atoms with Gasteiger partial charge in [0.2, 0.25) is 0 Å². The number of hydrogen-bond acceptors (Lipinski definition) is 4. The van der Waals surface area contributed by atoms with Crippen molar-refractivity contribution in [3.63, 3.8) is 0 Å². The Balaban J connectivity index is 2.24. The van der Waals surface area contributed by atoms with E-state index in [9.17, 15) is 4.79 Å². The highest BCUT2D eigenvalue weighted by atomic mass is 16.5. The van der Waals surface area contributed by atoms with Crippen molar-refractivity contribution >= 4 is 11.7 Å². The summed E-state index contributed by atoms with van der Waals surface area (Å²) in [6.07, 6.45) is 2.06. The summed E-state index contributed by atoms with van der Waals surface area (Å²) in [6, 6.07) is 9.73. The molecule has 0 radical (unpaired) electrons. The minimum atomic E-state index is -0.758. The van der Waals surface area contributed by atoms with Gasteiger partial charge in [0.15, 0.2) is 5.54 Å². The second kappa shape index (κ2) is 6.06. The van der Waals surface area contributed by atoms with Crippen LogP contribution in [-0.2, 0) is 14.3 Å². The molecule has 19 heavy (non-hydrogen) atoms. The third-order valence-electron chi connectivity index (χ3n) is 3.43. The van der Waals surface area contributed by atoms with Gasteiger partial charge in [0.1, 0.15) is 0 Å². The summed E-state index contributed by atoms with van der Waals surface area (Å²) in [4.78, 5) is 12.4. The largest absolute Gasteiger partial charge is 0.464 e. The Morgan fingerprint density at radius 3 is 2.58 bits per heavy atom. The van der Waals surface area contributed by atoms with E-state index in [1.807, 2.05) is 37.3 Å². The van der Waals surface area contributed by atoms with Crippen LogP contribution in [0.1, 0.15) is 19.8 Å². The first-order chi connectivity index (χ1) is 9.23. The van der Waals surface area contributed by atoms with Crippen LogP contribution >= 0.6 is 0 Å². The number of hydrogen-bond donors (Lipinski definition) is 1. The predicted octanol–water partition coefficient (Wildman–Crippen LogP) is 2.46. The van der Waals surface area contributed by atoms with Crippen molar-refractivity contribution < 1.29 is 14.3 Å². The van der Waals surface area contributed by atoms with E-state index < -0.39 is 5.54 Å². The summed E-state index contributed by atoms with van der Waals surface area (Å²) in [5.41, 5.74) is 0.158. The number of para-hydroxylation sites is 1. The van der Waals surface area contributed by atoms with Gasteiger partial charge in [-0.3, -0.25) is 0 Å². The number of carbonyl (C=O) groups excluding carboxylic acids is 1. The van der Waals surface area contributed by atoms with Crippen molar-refractivity contribution in [1.82, 2.24) is 0 Å². The Labute approximate surface area is 114 Å². The molecule has 1 aromatic rings. The second-order valence-electron chi connectivity index (χ2n) is 4.89. The van der Waals surface area contributed by atoms with Crippen LogP contribution in [0.3, 0.4) is 0 Å². The smallest absolute Gasteiger partial charge is 0.334 e. The fraction of sp³-hybridized carbons (Fsp3) is 0.533. The molecule has 0 spiro atoms. The van der Waals surface area contributed by atoms with Crippen LogP contribution in [0.15, 0.2) is 30.3 Å². The second-order valence-corrected chi connectivity index (χ2v) is 4.89. The molecule has 0 heterocycles. The third-order valence-corrected chi connectivity index (χ3v) is 3.43. The molecule has 4 nitrogen and oxygen atoms in total. The zero-order chi connectivity index (χ0) is 13.7. The number of benzene rings is 1. The lowest BCUT2D eigenvalue weighted by molar-refractivity contribution is -0.151. The summed E-state index contributed by atoms with van der Waals surface area (Å²) in [5.74, 6) is 0.0647. The van der Waals surface area contributed by atoms with Gasteiger partial charge in [0.25, 0.3) is 0 Å². The highest BCUT2D eigenvalue weighted by Gasteiger charge is 2.52. The van der Waals surface area contributed by atoms with Gasteiger partial charge >= 0.3 is 5.97 Å². The number of rotatable bonds is 7. The average Bonchev–Trinajstić information content (AvgIpc) is 3.24. The van der Waals surface area contributed by atoms with Gasteiger partial charge in [-0.2, -0.15) is 0 Å². The van der Waals surface area contributed by atoms with E-state index in [2.05, 4.69) is 5.32 Å². The number of nitrogens with one attached hydrogen (secondary N) is 1. The molecule has 4 heteroatoms. The van der Waals surface area contributed by atoms with E-state index in [1.165, 1.54) is 0 Å². The molecular weight excluding hydrogens is 242 g/mol. The normalized spacial score (nSPS) is 17.6. The lowest BCUT2D eigenvalue weighted by atomic mass is 9.93. The molecule has 2 rings (SSSR count). The summed E-state index contributed by atoms with van der Waals surface area (Å²) in [5, 5.41) is 3.34. The van der Waals surface area contributed by atoms with E-state index in [0.29, 0.717) is 13.2 Å². The summed E-state index contributed by atoms with van der Waals surface area (Å²) in [6.45, 7) is 2.53. The molecule has 1 saturated carbocycles. The molecular formula is C15H21NO3. The number of ether oxygens (including phenoxy) is 2. The number of esters is 1. The fourth-order valence-electron chi connectivity index (χ4n) is 2.38. The molecule has 1 aliphatic rings. The van der Waals surface area contributed by atoms with E-state index in [4.69, 9.17) is 9.47 Å². The van der Waals surface area contributed by atoms with Crippen LogP contribution < -0.4 is 5.32 Å². The number of methoxy groups -OCH3 is 1. The zero-order valence-electron chi connectivity index (χ0n) is 11.5. The summed E-state index contributed by atoms with van der Waals surface area (Å²) < 4.78 is 10.5. The Hall–Kier alpha value is -1.55. The van der Waals surface area contributed by atoms with Crippen molar-refractivity contribution in [3.05, 3.63) is 30.3 Å². The first-order valence-electron chi connectivity index (χ1n) is 6.72. The molecule has 1 unspecified atom stereocenters. The van der Waals surface area contributed by atoms with E-state index in [-0.39, 0.29) is 11.9 Å². The van der Waals surface area contributed by atoms with Crippen molar-refractivity contribution in [3.8, 4) is 0 Å². The van der Waals surface area contributed by atoms with Crippen LogP contribution in [0.2, 0.25) is 0 Å². The van der Waals surface area contributed by atoms with Gasteiger partial charge in [0.05, 0.1) is 13.2 Å². The fourth-order valence-corrected chi connectivity index (χ4v) is 2.38. The van der Waals surface area contributed by atoms with Gasteiger partial charge < -0.3 is 14.8 Å². The van der Waals surface area contributed by atoms with E-state index in [0.717, 1.165) is 18.5 Å². The average molecular weight is 263 g/mol. The summed E-state index contributed by atoms with van der Waals surface area (Å²) in [7, 11) is 1.61. The monoisotopic (exact) mass is 263 g/mol. The maximum atomic E-state index is 12.4. The molecule has 0 bridgehead atoms. The summed E-state index contributed by atoms with van der Waals surface area (Å²) >= 11 is 0. The highest BCUT2D eigenvalue weighted by molar-refractivity contribution is 5.86. The van der Waals surface area contributed by atoms with Crippen LogP contribution in [-0.4, -0.2) is 31.8 Å². The standard InChI is InChI=1S/C15H21NO3/c1-3-19-14(17)15(11-18-2,12-9-10-12)16-13-7-5-4-6-8-13/h4-8,12,16H,3,9-11H2,1-2H3. The Morgan fingerprint density at radius 1 is 1.37 bits per heavy atom. The van der Waals surface area contributed by atoms with Gasteiger partial charge in [0, 0.05) is 12.8 Å². The van der Waals surface area contributed by atoms with Gasteiger partial charge in [-0.05, 0) is 37.8 Å². The lowest BCUT2D eigenvalue weighted by Gasteiger charge is -2.32. The van der Waals surface area contributed by atoms with E-state index in [1.54, 1.807) is 7.11 Å². The molecule has 1 N–H and O–H groups in total. The molecule has 1 fully saturated rings. The minimum absolute atomic E-state index is 0.219.